The number of hydrogen-bond acceptors (Lipinski definition) is 4. The van der Waals surface area contributed by atoms with Crippen LogP contribution >= 0.6 is 0 Å². The number of nitrogens with one attached hydrogen (secondary N) is 1. The lowest BCUT2D eigenvalue weighted by molar-refractivity contribution is 0.412. The molecule has 0 saturated carbocycles. The van der Waals surface area contributed by atoms with Gasteiger partial charge in [-0.15, -0.1) is 0 Å². The minimum absolute atomic E-state index is 0.0350. The van der Waals surface area contributed by atoms with Crippen molar-refractivity contribution >= 4 is 15.5 Å². The number of anilines is 1. The molecule has 0 aromatic heterocycles. The number of aryl methyl sites for hydroxylation is 1. The Bertz CT molecular complexity index is 510. The minimum atomic E-state index is -2.83. The van der Waals surface area contributed by atoms with Gasteiger partial charge >= 0.3 is 0 Å². The fourth-order valence-electron chi connectivity index (χ4n) is 2.11. The Morgan fingerprint density at radius 2 is 2.18 bits per heavy atom. The molecule has 17 heavy (non-hydrogen) atoms. The van der Waals surface area contributed by atoms with Crippen molar-refractivity contribution < 1.29 is 13.2 Å². The van der Waals surface area contributed by atoms with Crippen molar-refractivity contribution in [2.75, 3.05) is 23.9 Å². The number of hydrogen-bond donors (Lipinski definition) is 1. The maximum atomic E-state index is 11.3. The molecule has 0 amide bonds. The van der Waals surface area contributed by atoms with Crippen LogP contribution in [0.15, 0.2) is 18.2 Å². The summed E-state index contributed by atoms with van der Waals surface area (Å²) in [5.74, 6) is 1.37. The van der Waals surface area contributed by atoms with Crippen LogP contribution in [-0.2, 0) is 9.84 Å². The zero-order valence-corrected chi connectivity index (χ0v) is 10.9. The van der Waals surface area contributed by atoms with Crippen LogP contribution < -0.4 is 10.1 Å². The summed E-state index contributed by atoms with van der Waals surface area (Å²) in [6.07, 6.45) is 0.688. The van der Waals surface area contributed by atoms with Gasteiger partial charge in [0, 0.05) is 11.7 Å². The number of methoxy groups -OCH3 is 1. The summed E-state index contributed by atoms with van der Waals surface area (Å²) in [5.41, 5.74) is 1.99. The molecule has 2 rings (SSSR count). The van der Waals surface area contributed by atoms with Crippen molar-refractivity contribution in [1.29, 1.82) is 0 Å². The zero-order chi connectivity index (χ0) is 12.5. The van der Waals surface area contributed by atoms with Crippen LogP contribution in [0, 0.1) is 6.92 Å². The van der Waals surface area contributed by atoms with E-state index in [1.165, 1.54) is 0 Å². The minimum Gasteiger partial charge on any atom is -0.496 e. The normalized spacial score (nSPS) is 22.4. The molecule has 1 aliphatic heterocycles. The van der Waals surface area contributed by atoms with Gasteiger partial charge in [0.15, 0.2) is 9.84 Å². The summed E-state index contributed by atoms with van der Waals surface area (Å²) < 4.78 is 27.9. The molecule has 1 fully saturated rings. The van der Waals surface area contributed by atoms with Crippen molar-refractivity contribution in [3.05, 3.63) is 23.8 Å². The van der Waals surface area contributed by atoms with Crippen LogP contribution in [0.2, 0.25) is 0 Å². The smallest absolute Gasteiger partial charge is 0.152 e. The molecule has 1 saturated heterocycles. The quantitative estimate of drug-likeness (QED) is 0.891. The second-order valence-corrected chi connectivity index (χ2v) is 6.66. The fraction of sp³-hybridized carbons (Fsp3) is 0.500. The van der Waals surface area contributed by atoms with Gasteiger partial charge in [-0.05, 0) is 37.1 Å². The van der Waals surface area contributed by atoms with E-state index in [0.29, 0.717) is 12.2 Å². The molecular formula is C12H17NO3S. The summed E-state index contributed by atoms with van der Waals surface area (Å²) in [4.78, 5) is 0. The van der Waals surface area contributed by atoms with E-state index in [2.05, 4.69) is 5.32 Å². The topological polar surface area (TPSA) is 55.4 Å². The summed E-state index contributed by atoms with van der Waals surface area (Å²) in [6, 6.07) is 5.81. The molecule has 0 aliphatic carbocycles. The average Bonchev–Trinajstić information content (AvgIpc) is 2.58. The SMILES string of the molecule is COc1ccc(NC2CCS(=O)(=O)C2)cc1C. The first-order chi connectivity index (χ1) is 8.00. The third-order valence-electron chi connectivity index (χ3n) is 3.00. The van der Waals surface area contributed by atoms with Gasteiger partial charge in [-0.25, -0.2) is 8.42 Å². The second-order valence-electron chi connectivity index (χ2n) is 4.43. The first-order valence-electron chi connectivity index (χ1n) is 5.62. The third kappa shape index (κ3) is 2.91. The summed E-state index contributed by atoms with van der Waals surface area (Å²) in [5, 5.41) is 3.25. The van der Waals surface area contributed by atoms with Crippen molar-refractivity contribution in [1.82, 2.24) is 0 Å². The Morgan fingerprint density at radius 1 is 1.41 bits per heavy atom. The molecule has 1 N–H and O–H groups in total. The van der Waals surface area contributed by atoms with E-state index in [1.54, 1.807) is 7.11 Å². The van der Waals surface area contributed by atoms with Crippen LogP contribution in [-0.4, -0.2) is 33.1 Å². The predicted molar refractivity (Wildman–Crippen MR) is 68.4 cm³/mol. The van der Waals surface area contributed by atoms with Crippen LogP contribution in [0.4, 0.5) is 5.69 Å². The van der Waals surface area contributed by atoms with Crippen molar-refractivity contribution in [3.63, 3.8) is 0 Å². The van der Waals surface area contributed by atoms with E-state index in [-0.39, 0.29) is 11.8 Å². The lowest BCUT2D eigenvalue weighted by Gasteiger charge is -2.14. The molecule has 1 aromatic carbocycles. The summed E-state index contributed by atoms with van der Waals surface area (Å²) in [6.45, 7) is 1.97. The van der Waals surface area contributed by atoms with E-state index in [4.69, 9.17) is 4.74 Å². The first kappa shape index (κ1) is 12.2. The monoisotopic (exact) mass is 255 g/mol. The first-order valence-corrected chi connectivity index (χ1v) is 7.44. The largest absolute Gasteiger partial charge is 0.496 e. The predicted octanol–water partition coefficient (Wildman–Crippen LogP) is 1.60. The molecule has 0 radical (unpaired) electrons. The number of ether oxygens (including phenoxy) is 1. The maximum absolute atomic E-state index is 11.3. The van der Waals surface area contributed by atoms with Gasteiger partial charge in [0.2, 0.25) is 0 Å². The zero-order valence-electron chi connectivity index (χ0n) is 10.1. The van der Waals surface area contributed by atoms with Gasteiger partial charge in [0.1, 0.15) is 5.75 Å². The molecule has 1 unspecified atom stereocenters. The van der Waals surface area contributed by atoms with Crippen LogP contribution in [0.1, 0.15) is 12.0 Å². The van der Waals surface area contributed by atoms with Crippen LogP contribution in [0.25, 0.3) is 0 Å². The van der Waals surface area contributed by atoms with E-state index in [1.807, 2.05) is 25.1 Å². The van der Waals surface area contributed by atoms with Crippen molar-refractivity contribution in [2.24, 2.45) is 0 Å². The highest BCUT2D eigenvalue weighted by Gasteiger charge is 2.27. The molecule has 1 aliphatic rings. The van der Waals surface area contributed by atoms with Gasteiger partial charge in [0.05, 0.1) is 18.6 Å². The van der Waals surface area contributed by atoms with Gasteiger partial charge in [-0.1, -0.05) is 0 Å². The van der Waals surface area contributed by atoms with Crippen molar-refractivity contribution in [3.8, 4) is 5.75 Å². The molecule has 94 valence electrons. The lowest BCUT2D eigenvalue weighted by atomic mass is 10.1. The molecule has 1 atom stereocenters. The summed E-state index contributed by atoms with van der Waals surface area (Å²) >= 11 is 0. The molecule has 1 aromatic rings. The lowest BCUT2D eigenvalue weighted by Crippen LogP contribution is -2.20. The Labute approximate surface area is 102 Å². The number of rotatable bonds is 3. The van der Waals surface area contributed by atoms with E-state index in [9.17, 15) is 8.42 Å². The van der Waals surface area contributed by atoms with Crippen LogP contribution in [0.5, 0.6) is 5.75 Å². The standard InChI is InChI=1S/C12H17NO3S/c1-9-7-10(3-4-12(9)16-2)13-11-5-6-17(14,15)8-11/h3-4,7,11,13H,5-6,8H2,1-2H3. The molecular weight excluding hydrogens is 238 g/mol. The van der Waals surface area contributed by atoms with Crippen LogP contribution in [0.3, 0.4) is 0 Å². The number of sulfone groups is 1. The van der Waals surface area contributed by atoms with E-state index >= 15 is 0 Å². The van der Waals surface area contributed by atoms with E-state index in [0.717, 1.165) is 17.0 Å². The fourth-order valence-corrected chi connectivity index (χ4v) is 3.79. The summed E-state index contributed by atoms with van der Waals surface area (Å²) in [7, 11) is -1.19. The van der Waals surface area contributed by atoms with E-state index < -0.39 is 9.84 Å². The highest BCUT2D eigenvalue weighted by molar-refractivity contribution is 7.91. The van der Waals surface area contributed by atoms with Gasteiger partial charge in [0.25, 0.3) is 0 Å². The molecule has 1 heterocycles. The van der Waals surface area contributed by atoms with Gasteiger partial charge in [-0.3, -0.25) is 0 Å². The molecule has 0 spiro atoms. The van der Waals surface area contributed by atoms with Gasteiger partial charge < -0.3 is 10.1 Å². The van der Waals surface area contributed by atoms with Gasteiger partial charge in [-0.2, -0.15) is 0 Å². The van der Waals surface area contributed by atoms with Crippen molar-refractivity contribution in [2.45, 2.75) is 19.4 Å². The third-order valence-corrected chi connectivity index (χ3v) is 4.77. The molecule has 4 nitrogen and oxygen atoms in total. The number of benzene rings is 1. The highest BCUT2D eigenvalue weighted by atomic mass is 32.2. The molecule has 0 bridgehead atoms. The molecule has 5 heteroatoms. The average molecular weight is 255 g/mol. The Morgan fingerprint density at radius 3 is 2.71 bits per heavy atom. The Balaban J connectivity index is 2.07. The Kier molecular flexibility index (Phi) is 3.28. The second kappa shape index (κ2) is 4.56. The maximum Gasteiger partial charge on any atom is 0.152 e. The highest BCUT2D eigenvalue weighted by Crippen LogP contribution is 2.23. The Hall–Kier alpha value is -1.23.